The van der Waals surface area contributed by atoms with E-state index in [0.29, 0.717) is 12.0 Å². The van der Waals surface area contributed by atoms with Crippen molar-refractivity contribution < 1.29 is 0 Å². The number of hydrogen-bond acceptors (Lipinski definition) is 3. The molecule has 2 unspecified atom stereocenters. The van der Waals surface area contributed by atoms with Crippen LogP contribution in [0.15, 0.2) is 21.2 Å². The van der Waals surface area contributed by atoms with Crippen LogP contribution in [0.25, 0.3) is 0 Å². The van der Waals surface area contributed by atoms with Crippen molar-refractivity contribution in [2.75, 3.05) is 27.2 Å². The lowest BCUT2D eigenvalue weighted by Gasteiger charge is -2.32. The van der Waals surface area contributed by atoms with Gasteiger partial charge in [-0.1, -0.05) is 6.42 Å². The minimum atomic E-state index is 0.387. The molecular formula is C14H21Br2N3. The molecule has 3 nitrogen and oxygen atoms in total. The van der Waals surface area contributed by atoms with Crippen LogP contribution >= 0.6 is 31.9 Å². The van der Waals surface area contributed by atoms with E-state index in [1.807, 2.05) is 13.2 Å². The highest BCUT2D eigenvalue weighted by Crippen LogP contribution is 2.36. The van der Waals surface area contributed by atoms with Gasteiger partial charge in [0.15, 0.2) is 0 Å². The summed E-state index contributed by atoms with van der Waals surface area (Å²) in [5.74, 6) is 0.613. The molecule has 0 radical (unpaired) electrons. The van der Waals surface area contributed by atoms with Crippen molar-refractivity contribution in [1.29, 1.82) is 0 Å². The molecule has 19 heavy (non-hydrogen) atoms. The fourth-order valence-corrected chi connectivity index (χ4v) is 4.20. The van der Waals surface area contributed by atoms with E-state index in [-0.39, 0.29) is 0 Å². The Hall–Kier alpha value is 0.0300. The fourth-order valence-electron chi connectivity index (χ4n) is 2.98. The standard InChI is InChI=1S/C14H21Br2N3/c1-17-8-10-5-3-4-6-19(2)14(10)13-12(16)7-11(15)9-18-13/h7,9-10,14,17H,3-6,8H2,1-2H3. The highest BCUT2D eigenvalue weighted by molar-refractivity contribution is 9.11. The number of rotatable bonds is 3. The van der Waals surface area contributed by atoms with Gasteiger partial charge in [-0.15, -0.1) is 0 Å². The zero-order valence-corrected chi connectivity index (χ0v) is 14.7. The number of pyridine rings is 1. The second kappa shape index (κ2) is 7.16. The summed E-state index contributed by atoms with van der Waals surface area (Å²) in [5.41, 5.74) is 1.16. The molecular weight excluding hydrogens is 370 g/mol. The third kappa shape index (κ3) is 3.78. The summed E-state index contributed by atoms with van der Waals surface area (Å²) in [7, 11) is 4.25. The lowest BCUT2D eigenvalue weighted by atomic mass is 9.92. The normalized spacial score (nSPS) is 25.3. The molecule has 1 N–H and O–H groups in total. The van der Waals surface area contributed by atoms with Crippen molar-refractivity contribution in [2.24, 2.45) is 5.92 Å². The Kier molecular flexibility index (Phi) is 5.81. The maximum atomic E-state index is 4.66. The molecule has 2 rings (SSSR count). The number of hydrogen-bond donors (Lipinski definition) is 1. The zero-order valence-electron chi connectivity index (χ0n) is 11.5. The molecule has 1 aromatic rings. The zero-order chi connectivity index (χ0) is 13.8. The van der Waals surface area contributed by atoms with Crippen molar-refractivity contribution in [1.82, 2.24) is 15.2 Å². The maximum Gasteiger partial charge on any atom is 0.0721 e. The average Bonchev–Trinajstić information content (AvgIpc) is 2.53. The molecule has 2 atom stereocenters. The molecule has 0 amide bonds. The smallest absolute Gasteiger partial charge is 0.0721 e. The Labute approximate surface area is 132 Å². The Morgan fingerprint density at radius 3 is 2.89 bits per heavy atom. The van der Waals surface area contributed by atoms with Crippen LogP contribution in [-0.4, -0.2) is 37.1 Å². The van der Waals surface area contributed by atoms with Gasteiger partial charge in [0.05, 0.1) is 11.7 Å². The lowest BCUT2D eigenvalue weighted by Crippen LogP contribution is -2.34. The van der Waals surface area contributed by atoms with Gasteiger partial charge in [-0.2, -0.15) is 0 Å². The Bertz CT molecular complexity index is 425. The largest absolute Gasteiger partial charge is 0.319 e. The summed E-state index contributed by atoms with van der Waals surface area (Å²) in [5, 5.41) is 3.34. The van der Waals surface area contributed by atoms with E-state index in [1.54, 1.807) is 0 Å². The first-order valence-corrected chi connectivity index (χ1v) is 8.38. The second-order valence-corrected chi connectivity index (χ2v) is 7.03. The molecule has 1 aromatic heterocycles. The van der Waals surface area contributed by atoms with Crippen LogP contribution in [0, 0.1) is 5.92 Å². The van der Waals surface area contributed by atoms with E-state index in [1.165, 1.54) is 19.3 Å². The Morgan fingerprint density at radius 1 is 1.42 bits per heavy atom. The minimum Gasteiger partial charge on any atom is -0.319 e. The molecule has 1 saturated heterocycles. The second-order valence-electron chi connectivity index (χ2n) is 5.26. The summed E-state index contributed by atoms with van der Waals surface area (Å²) >= 11 is 7.15. The molecule has 0 saturated carbocycles. The van der Waals surface area contributed by atoms with Gasteiger partial charge in [-0.25, -0.2) is 0 Å². The van der Waals surface area contributed by atoms with Gasteiger partial charge in [0.1, 0.15) is 0 Å². The van der Waals surface area contributed by atoms with Crippen molar-refractivity contribution in [2.45, 2.75) is 25.3 Å². The maximum absolute atomic E-state index is 4.66. The number of nitrogens with zero attached hydrogens (tertiary/aromatic N) is 2. The van der Waals surface area contributed by atoms with Gasteiger partial charge in [0, 0.05) is 15.1 Å². The van der Waals surface area contributed by atoms with Gasteiger partial charge in [0.25, 0.3) is 0 Å². The van der Waals surface area contributed by atoms with Gasteiger partial charge in [-0.3, -0.25) is 9.88 Å². The van der Waals surface area contributed by atoms with Gasteiger partial charge < -0.3 is 5.32 Å². The number of nitrogens with one attached hydrogen (secondary N) is 1. The van der Waals surface area contributed by atoms with E-state index in [0.717, 1.165) is 27.7 Å². The fraction of sp³-hybridized carbons (Fsp3) is 0.643. The third-order valence-electron chi connectivity index (χ3n) is 3.84. The van der Waals surface area contributed by atoms with E-state index in [4.69, 9.17) is 0 Å². The molecule has 0 aliphatic carbocycles. The SMILES string of the molecule is CNCC1CCCCN(C)C1c1ncc(Br)cc1Br. The van der Waals surface area contributed by atoms with Crippen LogP contribution in [0.1, 0.15) is 31.0 Å². The summed E-state index contributed by atoms with van der Waals surface area (Å²) in [4.78, 5) is 7.12. The molecule has 5 heteroatoms. The first-order valence-electron chi connectivity index (χ1n) is 6.79. The summed E-state index contributed by atoms with van der Waals surface area (Å²) in [6.07, 6.45) is 5.75. The van der Waals surface area contributed by atoms with Gasteiger partial charge in [-0.05, 0) is 83.9 Å². The lowest BCUT2D eigenvalue weighted by molar-refractivity contribution is 0.186. The van der Waals surface area contributed by atoms with Crippen molar-refractivity contribution in [3.8, 4) is 0 Å². The van der Waals surface area contributed by atoms with E-state index < -0.39 is 0 Å². The van der Waals surface area contributed by atoms with Crippen molar-refractivity contribution in [3.05, 3.63) is 26.9 Å². The van der Waals surface area contributed by atoms with Gasteiger partial charge >= 0.3 is 0 Å². The molecule has 2 heterocycles. The van der Waals surface area contributed by atoms with E-state index in [9.17, 15) is 0 Å². The first kappa shape index (κ1) is 15.4. The molecule has 0 aromatic carbocycles. The predicted octanol–water partition coefficient (Wildman–Crippen LogP) is 3.60. The van der Waals surface area contributed by atoms with Crippen molar-refractivity contribution in [3.63, 3.8) is 0 Å². The Morgan fingerprint density at radius 2 is 2.21 bits per heavy atom. The first-order chi connectivity index (χ1) is 9.13. The van der Waals surface area contributed by atoms with Crippen molar-refractivity contribution >= 4 is 31.9 Å². The van der Waals surface area contributed by atoms with Crippen LogP contribution in [0.4, 0.5) is 0 Å². The predicted molar refractivity (Wildman–Crippen MR) is 86.3 cm³/mol. The number of halogens is 2. The molecule has 0 spiro atoms. The Balaban J connectivity index is 2.34. The third-order valence-corrected chi connectivity index (χ3v) is 4.91. The summed E-state index contributed by atoms with van der Waals surface area (Å²) in [6.45, 7) is 2.19. The average molecular weight is 391 g/mol. The monoisotopic (exact) mass is 389 g/mol. The molecule has 0 bridgehead atoms. The topological polar surface area (TPSA) is 28.2 Å². The quantitative estimate of drug-likeness (QED) is 0.854. The minimum absolute atomic E-state index is 0.387. The van der Waals surface area contributed by atoms with Crippen LogP contribution in [0.5, 0.6) is 0 Å². The summed E-state index contributed by atoms with van der Waals surface area (Å²) < 4.78 is 2.12. The van der Waals surface area contributed by atoms with Crippen LogP contribution in [-0.2, 0) is 0 Å². The van der Waals surface area contributed by atoms with E-state index in [2.05, 4.69) is 60.2 Å². The summed E-state index contributed by atoms with van der Waals surface area (Å²) in [6, 6.07) is 2.48. The highest BCUT2D eigenvalue weighted by Gasteiger charge is 2.30. The number of aromatic nitrogens is 1. The van der Waals surface area contributed by atoms with Crippen LogP contribution in [0.3, 0.4) is 0 Å². The molecule has 106 valence electrons. The van der Waals surface area contributed by atoms with Crippen LogP contribution in [0.2, 0.25) is 0 Å². The molecule has 1 aliphatic rings. The van der Waals surface area contributed by atoms with Crippen LogP contribution < -0.4 is 5.32 Å². The van der Waals surface area contributed by atoms with Gasteiger partial charge in [0.2, 0.25) is 0 Å². The highest BCUT2D eigenvalue weighted by atomic mass is 79.9. The van der Waals surface area contributed by atoms with E-state index >= 15 is 0 Å². The molecule has 1 fully saturated rings. The molecule has 1 aliphatic heterocycles. The number of likely N-dealkylation sites (tertiary alicyclic amines) is 1.